The summed E-state index contributed by atoms with van der Waals surface area (Å²) >= 11 is 0. The molecule has 0 saturated carbocycles. The first kappa shape index (κ1) is 15.5. The molecular formula is C15H23NO3. The lowest BCUT2D eigenvalue weighted by Crippen LogP contribution is -2.32. The Bertz CT molecular complexity index is 441. The molecule has 1 rings (SSSR count). The van der Waals surface area contributed by atoms with E-state index in [0.29, 0.717) is 36.8 Å². The molecule has 1 aromatic rings. The fourth-order valence-electron chi connectivity index (χ4n) is 1.68. The summed E-state index contributed by atoms with van der Waals surface area (Å²) < 4.78 is 11.0. The smallest absolute Gasteiger partial charge is 0.169 e. The third-order valence-corrected chi connectivity index (χ3v) is 2.93. The molecule has 0 radical (unpaired) electrons. The van der Waals surface area contributed by atoms with Gasteiger partial charge in [-0.2, -0.15) is 0 Å². The van der Waals surface area contributed by atoms with E-state index in [2.05, 4.69) is 0 Å². The van der Waals surface area contributed by atoms with Crippen LogP contribution < -0.4 is 15.2 Å². The van der Waals surface area contributed by atoms with Crippen LogP contribution in [0.1, 0.15) is 38.1 Å². The number of hydrogen-bond donors (Lipinski definition) is 1. The first-order valence-corrected chi connectivity index (χ1v) is 6.60. The van der Waals surface area contributed by atoms with Crippen molar-refractivity contribution in [3.8, 4) is 11.5 Å². The van der Waals surface area contributed by atoms with Crippen molar-refractivity contribution >= 4 is 5.78 Å². The van der Waals surface area contributed by atoms with Gasteiger partial charge >= 0.3 is 0 Å². The Morgan fingerprint density at radius 2 is 1.74 bits per heavy atom. The zero-order valence-corrected chi connectivity index (χ0v) is 12.2. The second-order valence-corrected chi connectivity index (χ2v) is 4.94. The van der Waals surface area contributed by atoms with Crippen LogP contribution >= 0.6 is 0 Å². The fraction of sp³-hybridized carbons (Fsp3) is 0.533. The second-order valence-electron chi connectivity index (χ2n) is 4.94. The van der Waals surface area contributed by atoms with E-state index in [1.165, 1.54) is 0 Å². The van der Waals surface area contributed by atoms with Crippen molar-refractivity contribution in [1.82, 2.24) is 0 Å². The molecule has 4 nitrogen and oxygen atoms in total. The van der Waals surface area contributed by atoms with E-state index >= 15 is 0 Å². The maximum Gasteiger partial charge on any atom is 0.169 e. The zero-order valence-electron chi connectivity index (χ0n) is 12.2. The van der Waals surface area contributed by atoms with Gasteiger partial charge in [0.1, 0.15) is 0 Å². The molecule has 0 fully saturated rings. The minimum absolute atomic E-state index is 0.0130. The minimum Gasteiger partial charge on any atom is -0.490 e. The van der Waals surface area contributed by atoms with Gasteiger partial charge in [-0.05, 0) is 32.0 Å². The topological polar surface area (TPSA) is 61.5 Å². The molecule has 0 aliphatic carbocycles. The highest BCUT2D eigenvalue weighted by atomic mass is 16.5. The van der Waals surface area contributed by atoms with E-state index in [4.69, 9.17) is 15.2 Å². The molecule has 0 aromatic heterocycles. The lowest BCUT2D eigenvalue weighted by atomic mass is 9.84. The van der Waals surface area contributed by atoms with Gasteiger partial charge in [0.05, 0.1) is 13.2 Å². The molecule has 0 spiro atoms. The van der Waals surface area contributed by atoms with E-state index in [-0.39, 0.29) is 5.78 Å². The number of Topliss-reactive ketones (excluding diaryl/α,β-unsaturated/α-hetero) is 1. The van der Waals surface area contributed by atoms with Gasteiger partial charge in [-0.15, -0.1) is 0 Å². The van der Waals surface area contributed by atoms with Gasteiger partial charge in [0.15, 0.2) is 17.3 Å². The van der Waals surface area contributed by atoms with E-state index < -0.39 is 5.41 Å². The highest BCUT2D eigenvalue weighted by Gasteiger charge is 2.27. The Hall–Kier alpha value is -1.55. The molecule has 0 bridgehead atoms. The van der Waals surface area contributed by atoms with Crippen molar-refractivity contribution < 1.29 is 14.3 Å². The number of carbonyl (C=O) groups excluding carboxylic acids is 1. The second kappa shape index (κ2) is 6.57. The van der Waals surface area contributed by atoms with Gasteiger partial charge in [-0.1, -0.05) is 13.8 Å². The molecule has 0 amide bonds. The number of benzene rings is 1. The molecule has 106 valence electrons. The number of ketones is 1. The van der Waals surface area contributed by atoms with Crippen LogP contribution in [-0.2, 0) is 0 Å². The maximum absolute atomic E-state index is 12.3. The largest absolute Gasteiger partial charge is 0.490 e. The average Bonchev–Trinajstić information content (AvgIpc) is 2.40. The summed E-state index contributed by atoms with van der Waals surface area (Å²) in [7, 11) is 0. The zero-order chi connectivity index (χ0) is 14.5. The van der Waals surface area contributed by atoms with Gasteiger partial charge in [0.25, 0.3) is 0 Å². The first-order chi connectivity index (χ1) is 8.96. The van der Waals surface area contributed by atoms with Crippen molar-refractivity contribution in [3.63, 3.8) is 0 Å². The molecule has 0 saturated heterocycles. The van der Waals surface area contributed by atoms with Crippen LogP contribution in [0, 0.1) is 5.41 Å². The minimum atomic E-state index is -0.573. The molecule has 2 N–H and O–H groups in total. The predicted molar refractivity (Wildman–Crippen MR) is 75.9 cm³/mol. The standard InChI is InChI=1S/C15H23NO3/c1-5-18-12-8-7-11(9-13(12)19-6-2)14(17)15(3,4)10-16/h7-9H,5-6,10,16H2,1-4H3. The Morgan fingerprint density at radius 1 is 1.16 bits per heavy atom. The van der Waals surface area contributed by atoms with Gasteiger partial charge in [-0.3, -0.25) is 4.79 Å². The van der Waals surface area contributed by atoms with Crippen molar-refractivity contribution in [2.24, 2.45) is 11.1 Å². The monoisotopic (exact) mass is 265 g/mol. The quantitative estimate of drug-likeness (QED) is 0.770. The summed E-state index contributed by atoms with van der Waals surface area (Å²) in [6.45, 7) is 8.88. The van der Waals surface area contributed by atoms with Crippen LogP contribution in [0.4, 0.5) is 0 Å². The molecule has 0 atom stereocenters. The Labute approximate surface area is 114 Å². The average molecular weight is 265 g/mol. The van der Waals surface area contributed by atoms with Gasteiger partial charge in [-0.25, -0.2) is 0 Å². The highest BCUT2D eigenvalue weighted by Crippen LogP contribution is 2.31. The third-order valence-electron chi connectivity index (χ3n) is 2.93. The van der Waals surface area contributed by atoms with Crippen LogP contribution in [0.2, 0.25) is 0 Å². The molecule has 19 heavy (non-hydrogen) atoms. The van der Waals surface area contributed by atoms with E-state index in [0.717, 1.165) is 0 Å². The van der Waals surface area contributed by atoms with Crippen molar-refractivity contribution in [2.45, 2.75) is 27.7 Å². The number of hydrogen-bond acceptors (Lipinski definition) is 4. The van der Waals surface area contributed by atoms with Gasteiger partial charge in [0.2, 0.25) is 0 Å². The van der Waals surface area contributed by atoms with Gasteiger partial charge in [0, 0.05) is 17.5 Å². The molecular weight excluding hydrogens is 242 g/mol. The summed E-state index contributed by atoms with van der Waals surface area (Å²) in [5.74, 6) is 1.27. The van der Waals surface area contributed by atoms with Crippen LogP contribution in [0.3, 0.4) is 0 Å². The Balaban J connectivity index is 3.10. The van der Waals surface area contributed by atoms with E-state index in [9.17, 15) is 4.79 Å². The number of carbonyl (C=O) groups is 1. The third kappa shape index (κ3) is 3.70. The molecule has 0 heterocycles. The summed E-state index contributed by atoms with van der Waals surface area (Å²) in [6.07, 6.45) is 0. The lowest BCUT2D eigenvalue weighted by Gasteiger charge is -2.21. The van der Waals surface area contributed by atoms with Crippen molar-refractivity contribution in [1.29, 1.82) is 0 Å². The summed E-state index contributed by atoms with van der Waals surface area (Å²) in [4.78, 5) is 12.3. The lowest BCUT2D eigenvalue weighted by molar-refractivity contribution is 0.0847. The number of nitrogens with two attached hydrogens (primary N) is 1. The molecule has 0 aliphatic heterocycles. The fourth-order valence-corrected chi connectivity index (χ4v) is 1.68. The normalized spacial score (nSPS) is 11.2. The van der Waals surface area contributed by atoms with Crippen LogP contribution in [0.5, 0.6) is 11.5 Å². The number of ether oxygens (including phenoxy) is 2. The predicted octanol–water partition coefficient (Wildman–Crippen LogP) is 2.65. The first-order valence-electron chi connectivity index (χ1n) is 6.60. The van der Waals surface area contributed by atoms with E-state index in [1.807, 2.05) is 27.7 Å². The Morgan fingerprint density at radius 3 is 2.26 bits per heavy atom. The molecule has 0 unspecified atom stereocenters. The van der Waals surface area contributed by atoms with Crippen LogP contribution in [0.15, 0.2) is 18.2 Å². The molecule has 4 heteroatoms. The van der Waals surface area contributed by atoms with Crippen molar-refractivity contribution in [2.75, 3.05) is 19.8 Å². The maximum atomic E-state index is 12.3. The summed E-state index contributed by atoms with van der Waals surface area (Å²) in [5.41, 5.74) is 5.67. The van der Waals surface area contributed by atoms with Crippen molar-refractivity contribution in [3.05, 3.63) is 23.8 Å². The highest BCUT2D eigenvalue weighted by molar-refractivity contribution is 6.00. The Kier molecular flexibility index (Phi) is 5.36. The molecule has 0 aliphatic rings. The van der Waals surface area contributed by atoms with Crippen LogP contribution in [0.25, 0.3) is 0 Å². The van der Waals surface area contributed by atoms with E-state index in [1.54, 1.807) is 18.2 Å². The van der Waals surface area contributed by atoms with Gasteiger partial charge < -0.3 is 15.2 Å². The van der Waals surface area contributed by atoms with Crippen LogP contribution in [-0.4, -0.2) is 25.5 Å². The summed E-state index contributed by atoms with van der Waals surface area (Å²) in [6, 6.07) is 5.26. The SMILES string of the molecule is CCOc1ccc(C(=O)C(C)(C)CN)cc1OCC. The molecule has 1 aromatic carbocycles. The number of rotatable bonds is 7. The summed E-state index contributed by atoms with van der Waals surface area (Å²) in [5, 5.41) is 0.